The van der Waals surface area contributed by atoms with E-state index in [-0.39, 0.29) is 23.0 Å². The molecule has 0 radical (unpaired) electrons. The second-order valence-corrected chi connectivity index (χ2v) is 14.0. The lowest BCUT2D eigenvalue weighted by atomic mass is 9.89. The lowest BCUT2D eigenvalue weighted by Crippen LogP contribution is -2.46. The SMILES string of the molecule is COc1cc(S(C)(=O)=O)ccc1NCC#Cc1sc2c(N[C@H]3CC[C@H](N4CCOCC4)CC3)cccc2c1CC(F)(F)F. The Morgan fingerprint density at radius 3 is 2.51 bits per heavy atom. The van der Waals surface area contributed by atoms with Gasteiger partial charge in [-0.05, 0) is 54.8 Å². The van der Waals surface area contributed by atoms with Gasteiger partial charge in [0.05, 0.1) is 59.1 Å². The van der Waals surface area contributed by atoms with E-state index in [0.29, 0.717) is 27.7 Å². The van der Waals surface area contributed by atoms with Crippen LogP contribution in [0.15, 0.2) is 41.3 Å². The molecule has 0 unspecified atom stereocenters. The predicted molar refractivity (Wildman–Crippen MR) is 165 cm³/mol. The molecule has 3 aromatic rings. The molecular weight excluding hydrogens is 599 g/mol. The average molecular weight is 636 g/mol. The zero-order valence-corrected chi connectivity index (χ0v) is 25.9. The molecule has 7 nitrogen and oxygen atoms in total. The number of hydrogen-bond acceptors (Lipinski definition) is 8. The number of sulfone groups is 1. The van der Waals surface area contributed by atoms with Crippen molar-refractivity contribution in [2.45, 2.75) is 55.3 Å². The molecule has 1 aliphatic heterocycles. The van der Waals surface area contributed by atoms with E-state index in [1.807, 2.05) is 12.1 Å². The topological polar surface area (TPSA) is 79.9 Å². The number of nitrogens with one attached hydrogen (secondary N) is 2. The summed E-state index contributed by atoms with van der Waals surface area (Å²) in [5.41, 5.74) is 1.57. The minimum atomic E-state index is -4.38. The van der Waals surface area contributed by atoms with Gasteiger partial charge in [-0.2, -0.15) is 13.2 Å². The zero-order chi connectivity index (χ0) is 30.6. The highest BCUT2D eigenvalue weighted by atomic mass is 32.2. The fourth-order valence-electron chi connectivity index (χ4n) is 5.82. The Hall–Kier alpha value is -2.98. The van der Waals surface area contributed by atoms with E-state index in [9.17, 15) is 21.6 Å². The van der Waals surface area contributed by atoms with E-state index in [1.165, 1.54) is 30.6 Å². The Balaban J connectivity index is 1.33. The van der Waals surface area contributed by atoms with Crippen LogP contribution in [0.4, 0.5) is 24.5 Å². The van der Waals surface area contributed by atoms with E-state index in [4.69, 9.17) is 9.47 Å². The molecule has 2 fully saturated rings. The number of rotatable bonds is 8. The van der Waals surface area contributed by atoms with Crippen molar-refractivity contribution < 1.29 is 31.1 Å². The molecule has 12 heteroatoms. The van der Waals surface area contributed by atoms with Crippen LogP contribution in [0.25, 0.3) is 10.1 Å². The first-order valence-corrected chi connectivity index (χ1v) is 17.0. The Morgan fingerprint density at radius 1 is 1.09 bits per heavy atom. The normalized spacial score (nSPS) is 19.9. The molecule has 5 rings (SSSR count). The maximum atomic E-state index is 13.7. The molecular formula is C31H36F3N3O4S2. The quantitative estimate of drug-likeness (QED) is 0.297. The van der Waals surface area contributed by atoms with Crippen molar-refractivity contribution in [2.24, 2.45) is 0 Å². The van der Waals surface area contributed by atoms with Gasteiger partial charge in [0, 0.05) is 37.5 Å². The van der Waals surface area contributed by atoms with Gasteiger partial charge < -0.3 is 20.1 Å². The molecule has 1 aromatic heterocycles. The smallest absolute Gasteiger partial charge is 0.393 e. The van der Waals surface area contributed by atoms with Crippen molar-refractivity contribution in [3.8, 4) is 17.6 Å². The number of anilines is 2. The molecule has 1 saturated carbocycles. The van der Waals surface area contributed by atoms with Crippen molar-refractivity contribution in [1.82, 2.24) is 4.90 Å². The van der Waals surface area contributed by atoms with Crippen LogP contribution in [0, 0.1) is 11.8 Å². The Labute approximate surface area is 254 Å². The van der Waals surface area contributed by atoms with Gasteiger partial charge in [-0.25, -0.2) is 8.42 Å². The number of benzene rings is 2. The fourth-order valence-corrected chi connectivity index (χ4v) is 7.63. The first kappa shape index (κ1) is 31.4. The lowest BCUT2D eigenvalue weighted by molar-refractivity contribution is -0.126. The molecule has 43 heavy (non-hydrogen) atoms. The molecule has 2 N–H and O–H groups in total. The number of thiophene rings is 1. The Bertz CT molecular complexity index is 1600. The van der Waals surface area contributed by atoms with Crippen LogP contribution < -0.4 is 15.4 Å². The summed E-state index contributed by atoms with van der Waals surface area (Å²) in [6.07, 6.45) is -0.135. The number of alkyl halides is 3. The van der Waals surface area contributed by atoms with E-state index in [0.717, 1.165) is 68.6 Å². The number of methoxy groups -OCH3 is 1. The fraction of sp³-hybridized carbons (Fsp3) is 0.484. The van der Waals surface area contributed by atoms with Crippen LogP contribution in [0.5, 0.6) is 5.75 Å². The van der Waals surface area contributed by atoms with Gasteiger partial charge in [0.25, 0.3) is 0 Å². The van der Waals surface area contributed by atoms with Crippen LogP contribution in [-0.4, -0.2) is 77.8 Å². The van der Waals surface area contributed by atoms with Crippen molar-refractivity contribution in [2.75, 3.05) is 56.8 Å². The predicted octanol–water partition coefficient (Wildman–Crippen LogP) is 5.94. The van der Waals surface area contributed by atoms with Crippen LogP contribution >= 0.6 is 11.3 Å². The highest BCUT2D eigenvalue weighted by molar-refractivity contribution is 7.90. The highest BCUT2D eigenvalue weighted by Gasteiger charge is 2.32. The van der Waals surface area contributed by atoms with E-state index >= 15 is 0 Å². The third-order valence-corrected chi connectivity index (χ3v) is 10.3. The van der Waals surface area contributed by atoms with E-state index in [2.05, 4.69) is 27.4 Å². The van der Waals surface area contributed by atoms with Gasteiger partial charge in [-0.1, -0.05) is 24.0 Å². The molecule has 232 valence electrons. The van der Waals surface area contributed by atoms with E-state index in [1.54, 1.807) is 12.1 Å². The first-order valence-electron chi connectivity index (χ1n) is 14.3. The third kappa shape index (κ3) is 7.95. The van der Waals surface area contributed by atoms with Crippen LogP contribution in [0.1, 0.15) is 36.1 Å². The second-order valence-electron chi connectivity index (χ2n) is 11.0. The zero-order valence-electron chi connectivity index (χ0n) is 24.2. The molecule has 2 aromatic carbocycles. The summed E-state index contributed by atoms with van der Waals surface area (Å²) in [5.74, 6) is 6.24. The van der Waals surface area contributed by atoms with Crippen molar-refractivity contribution in [3.05, 3.63) is 46.8 Å². The second kappa shape index (κ2) is 13.3. The number of ether oxygens (including phenoxy) is 2. The van der Waals surface area contributed by atoms with Crippen LogP contribution in [-0.2, 0) is 21.0 Å². The van der Waals surface area contributed by atoms with Gasteiger partial charge in [0.1, 0.15) is 5.75 Å². The largest absolute Gasteiger partial charge is 0.495 e. The molecule has 0 bridgehead atoms. The van der Waals surface area contributed by atoms with Crippen molar-refractivity contribution >= 4 is 42.6 Å². The Kier molecular flexibility index (Phi) is 9.76. The maximum absolute atomic E-state index is 13.7. The number of morpholine rings is 1. The minimum absolute atomic E-state index is 0.123. The van der Waals surface area contributed by atoms with E-state index < -0.39 is 22.4 Å². The maximum Gasteiger partial charge on any atom is 0.393 e. The number of halogens is 3. The van der Waals surface area contributed by atoms with Crippen molar-refractivity contribution in [1.29, 1.82) is 0 Å². The summed E-state index contributed by atoms with van der Waals surface area (Å²) in [6.45, 7) is 3.65. The summed E-state index contributed by atoms with van der Waals surface area (Å²) in [5, 5.41) is 7.28. The van der Waals surface area contributed by atoms with Crippen LogP contribution in [0.3, 0.4) is 0 Å². The molecule has 2 aliphatic rings. The summed E-state index contributed by atoms with van der Waals surface area (Å²) in [6, 6.07) is 10.8. The first-order chi connectivity index (χ1) is 20.5. The lowest BCUT2D eigenvalue weighted by Gasteiger charge is -2.39. The van der Waals surface area contributed by atoms with Gasteiger partial charge in [-0.15, -0.1) is 11.3 Å². The number of nitrogens with zero attached hydrogens (tertiary/aromatic N) is 1. The summed E-state index contributed by atoms with van der Waals surface area (Å²) < 4.78 is 76.3. The Morgan fingerprint density at radius 2 is 1.84 bits per heavy atom. The average Bonchev–Trinajstić information content (AvgIpc) is 3.32. The monoisotopic (exact) mass is 635 g/mol. The molecule has 1 aliphatic carbocycles. The molecule has 1 saturated heterocycles. The number of hydrogen-bond donors (Lipinski definition) is 2. The standard InChI is InChI=1S/C31H36F3N3O4S2/c1-40-28-19-23(43(2,38)39)12-13-26(28)35-14-4-7-29-25(20-31(32,33)34)24-5-3-6-27(30(24)42-29)36-21-8-10-22(11-9-21)37-15-17-41-18-16-37/h3,5-6,12-13,19,21-22,35-36H,8-11,14-18,20H2,1-2H3/t21-,22-. The molecule has 0 atom stereocenters. The molecule has 0 amide bonds. The van der Waals surface area contributed by atoms with Gasteiger partial charge in [0.2, 0.25) is 0 Å². The van der Waals surface area contributed by atoms with Gasteiger partial charge >= 0.3 is 6.18 Å². The number of fused-ring (bicyclic) bond motifs is 1. The van der Waals surface area contributed by atoms with Gasteiger partial charge in [-0.3, -0.25) is 4.90 Å². The summed E-state index contributed by atoms with van der Waals surface area (Å²) >= 11 is 1.28. The third-order valence-electron chi connectivity index (χ3n) is 7.98. The summed E-state index contributed by atoms with van der Waals surface area (Å²) in [4.78, 5) is 3.03. The van der Waals surface area contributed by atoms with Crippen molar-refractivity contribution in [3.63, 3.8) is 0 Å². The van der Waals surface area contributed by atoms with Crippen LogP contribution in [0.2, 0.25) is 0 Å². The molecule has 0 spiro atoms. The minimum Gasteiger partial charge on any atom is -0.495 e. The summed E-state index contributed by atoms with van der Waals surface area (Å²) in [7, 11) is -1.97. The highest BCUT2D eigenvalue weighted by Crippen LogP contribution is 2.40. The van der Waals surface area contributed by atoms with Gasteiger partial charge in [0.15, 0.2) is 9.84 Å². The molecule has 2 heterocycles.